The quantitative estimate of drug-likeness (QED) is 0.865. The largest absolute Gasteiger partial charge is 0.381 e. The minimum Gasteiger partial charge on any atom is -0.381 e. The predicted octanol–water partition coefficient (Wildman–Crippen LogP) is 2.94. The summed E-state index contributed by atoms with van der Waals surface area (Å²) in [6.07, 6.45) is 0. The van der Waals surface area contributed by atoms with Crippen molar-refractivity contribution >= 4 is 17.4 Å². The molecule has 0 unspecified atom stereocenters. The molecule has 4 nitrogen and oxygen atoms in total. The van der Waals surface area contributed by atoms with Gasteiger partial charge in [-0.25, -0.2) is 9.07 Å². The number of benzene rings is 1. The molecule has 1 heterocycles. The summed E-state index contributed by atoms with van der Waals surface area (Å²) in [6.45, 7) is 5.93. The number of rotatable bonds is 1. The summed E-state index contributed by atoms with van der Waals surface area (Å²) in [5.41, 5.74) is 6.69. The molecule has 0 bridgehead atoms. The van der Waals surface area contributed by atoms with Gasteiger partial charge in [-0.1, -0.05) is 37.6 Å². The second kappa shape index (κ2) is 4.24. The molecule has 1 aromatic heterocycles. The number of anilines is 1. The van der Waals surface area contributed by atoms with Crippen LogP contribution < -0.4 is 5.73 Å². The molecule has 0 atom stereocenters. The number of hydrogen-bond acceptors (Lipinski definition) is 3. The van der Waals surface area contributed by atoms with Gasteiger partial charge < -0.3 is 5.73 Å². The Morgan fingerprint density at radius 3 is 2.61 bits per heavy atom. The van der Waals surface area contributed by atoms with Gasteiger partial charge in [-0.2, -0.15) is 0 Å². The van der Waals surface area contributed by atoms with E-state index in [2.05, 4.69) is 10.3 Å². The van der Waals surface area contributed by atoms with Crippen LogP contribution in [0, 0.1) is 5.82 Å². The van der Waals surface area contributed by atoms with E-state index >= 15 is 0 Å². The highest BCUT2D eigenvalue weighted by molar-refractivity contribution is 6.32. The van der Waals surface area contributed by atoms with E-state index in [1.54, 1.807) is 0 Å². The summed E-state index contributed by atoms with van der Waals surface area (Å²) in [4.78, 5) is 0. The first-order valence-electron chi connectivity index (χ1n) is 5.48. The van der Waals surface area contributed by atoms with Crippen LogP contribution in [0.3, 0.4) is 0 Å². The maximum atomic E-state index is 13.3. The highest BCUT2D eigenvalue weighted by Gasteiger charge is 2.25. The van der Waals surface area contributed by atoms with Crippen LogP contribution in [0.1, 0.15) is 26.5 Å². The molecule has 0 fully saturated rings. The van der Waals surface area contributed by atoms with E-state index in [0.717, 1.165) is 0 Å². The fourth-order valence-electron chi connectivity index (χ4n) is 1.81. The molecule has 6 heteroatoms. The van der Waals surface area contributed by atoms with Crippen molar-refractivity contribution in [2.75, 3.05) is 5.73 Å². The zero-order valence-corrected chi connectivity index (χ0v) is 11.2. The first-order chi connectivity index (χ1) is 8.30. The van der Waals surface area contributed by atoms with Crippen molar-refractivity contribution in [3.8, 4) is 5.69 Å². The highest BCUT2D eigenvalue weighted by atomic mass is 35.5. The van der Waals surface area contributed by atoms with Crippen LogP contribution >= 0.6 is 11.6 Å². The SMILES string of the molecule is CC(C)(C)c1c(N)nnn1-c1cc(F)ccc1Cl. The molecule has 0 aliphatic carbocycles. The molecule has 0 aliphatic heterocycles. The van der Waals surface area contributed by atoms with Gasteiger partial charge >= 0.3 is 0 Å². The van der Waals surface area contributed by atoms with Gasteiger partial charge in [0, 0.05) is 11.5 Å². The minimum atomic E-state index is -0.386. The number of nitrogen functional groups attached to an aromatic ring is 1. The van der Waals surface area contributed by atoms with E-state index in [1.165, 1.54) is 22.9 Å². The Hall–Kier alpha value is -1.62. The highest BCUT2D eigenvalue weighted by Crippen LogP contribution is 2.30. The van der Waals surface area contributed by atoms with Crippen molar-refractivity contribution < 1.29 is 4.39 Å². The molecule has 0 spiro atoms. The van der Waals surface area contributed by atoms with E-state index in [9.17, 15) is 4.39 Å². The van der Waals surface area contributed by atoms with Crippen molar-refractivity contribution in [2.45, 2.75) is 26.2 Å². The molecule has 2 rings (SSSR count). The lowest BCUT2D eigenvalue weighted by atomic mass is 9.91. The van der Waals surface area contributed by atoms with Gasteiger partial charge in [0.2, 0.25) is 0 Å². The van der Waals surface area contributed by atoms with Crippen LogP contribution in [0.2, 0.25) is 5.02 Å². The molecule has 2 aromatic rings. The van der Waals surface area contributed by atoms with Crippen LogP contribution in [0.4, 0.5) is 10.2 Å². The number of nitrogens with zero attached hydrogens (tertiary/aromatic N) is 3. The third-order valence-corrected chi connectivity index (χ3v) is 2.86. The lowest BCUT2D eigenvalue weighted by Crippen LogP contribution is -2.19. The van der Waals surface area contributed by atoms with Crippen LogP contribution in [0.15, 0.2) is 18.2 Å². The molecule has 0 aliphatic rings. The third-order valence-electron chi connectivity index (χ3n) is 2.54. The molecular formula is C12H14ClFN4. The van der Waals surface area contributed by atoms with E-state index in [0.29, 0.717) is 22.2 Å². The van der Waals surface area contributed by atoms with Crippen LogP contribution in [-0.2, 0) is 5.41 Å². The Morgan fingerprint density at radius 2 is 2.00 bits per heavy atom. The zero-order valence-electron chi connectivity index (χ0n) is 10.4. The fraction of sp³-hybridized carbons (Fsp3) is 0.333. The topological polar surface area (TPSA) is 56.7 Å². The van der Waals surface area contributed by atoms with Gasteiger partial charge in [-0.05, 0) is 12.1 Å². The lowest BCUT2D eigenvalue weighted by Gasteiger charge is -2.20. The molecule has 0 saturated carbocycles. The van der Waals surface area contributed by atoms with Crippen LogP contribution in [-0.4, -0.2) is 15.0 Å². The predicted molar refractivity (Wildman–Crippen MR) is 69.4 cm³/mol. The first-order valence-corrected chi connectivity index (χ1v) is 5.85. The van der Waals surface area contributed by atoms with Crippen molar-refractivity contribution in [1.82, 2.24) is 15.0 Å². The minimum absolute atomic E-state index is 0.275. The summed E-state index contributed by atoms with van der Waals surface area (Å²) < 4.78 is 14.8. The normalized spacial score (nSPS) is 11.8. The van der Waals surface area contributed by atoms with Gasteiger partial charge in [-0.15, -0.1) is 5.10 Å². The molecule has 1 aromatic carbocycles. The van der Waals surface area contributed by atoms with Gasteiger partial charge in [0.25, 0.3) is 0 Å². The van der Waals surface area contributed by atoms with Gasteiger partial charge in [0.15, 0.2) is 5.82 Å². The fourth-order valence-corrected chi connectivity index (χ4v) is 2.01. The van der Waals surface area contributed by atoms with E-state index in [4.69, 9.17) is 17.3 Å². The average molecular weight is 269 g/mol. The summed E-state index contributed by atoms with van der Waals surface area (Å²) in [6, 6.07) is 4.09. The second-order valence-electron chi connectivity index (χ2n) is 5.08. The smallest absolute Gasteiger partial charge is 0.170 e. The molecule has 18 heavy (non-hydrogen) atoms. The second-order valence-corrected chi connectivity index (χ2v) is 5.49. The van der Waals surface area contributed by atoms with Crippen molar-refractivity contribution in [3.63, 3.8) is 0 Å². The van der Waals surface area contributed by atoms with E-state index in [1.807, 2.05) is 20.8 Å². The Kier molecular flexibility index (Phi) is 3.02. The monoisotopic (exact) mass is 268 g/mol. The Morgan fingerprint density at radius 1 is 1.33 bits per heavy atom. The number of halogens is 2. The standard InChI is InChI=1S/C12H14ClFN4/c1-12(2,3)10-11(15)16-17-18(10)9-6-7(14)4-5-8(9)13/h4-6H,15H2,1-3H3. The number of aromatic nitrogens is 3. The van der Waals surface area contributed by atoms with Crippen molar-refractivity contribution in [2.24, 2.45) is 0 Å². The lowest BCUT2D eigenvalue weighted by molar-refractivity contribution is 0.542. The molecule has 0 radical (unpaired) electrons. The summed E-state index contributed by atoms with van der Waals surface area (Å²) in [5, 5.41) is 8.18. The Balaban J connectivity index is 2.69. The van der Waals surface area contributed by atoms with E-state index in [-0.39, 0.29) is 11.2 Å². The number of nitrogens with two attached hydrogens (primary N) is 1. The molecule has 2 N–H and O–H groups in total. The number of hydrogen-bond donors (Lipinski definition) is 1. The molecular weight excluding hydrogens is 255 g/mol. The van der Waals surface area contributed by atoms with Crippen LogP contribution in [0.5, 0.6) is 0 Å². The van der Waals surface area contributed by atoms with Crippen molar-refractivity contribution in [1.29, 1.82) is 0 Å². The average Bonchev–Trinajstić information content (AvgIpc) is 2.63. The molecule has 0 saturated heterocycles. The van der Waals surface area contributed by atoms with Crippen molar-refractivity contribution in [3.05, 3.63) is 34.7 Å². The van der Waals surface area contributed by atoms with Gasteiger partial charge in [-0.3, -0.25) is 0 Å². The van der Waals surface area contributed by atoms with Gasteiger partial charge in [0.1, 0.15) is 5.82 Å². The Bertz CT molecular complexity index is 586. The van der Waals surface area contributed by atoms with E-state index < -0.39 is 0 Å². The Labute approximate surface area is 110 Å². The van der Waals surface area contributed by atoms with Crippen LogP contribution in [0.25, 0.3) is 5.69 Å². The maximum Gasteiger partial charge on any atom is 0.170 e. The summed E-state index contributed by atoms with van der Waals surface area (Å²) >= 11 is 6.07. The molecule has 96 valence electrons. The summed E-state index contributed by atoms with van der Waals surface area (Å²) in [5.74, 6) is -0.0637. The summed E-state index contributed by atoms with van der Waals surface area (Å²) in [7, 11) is 0. The van der Waals surface area contributed by atoms with Gasteiger partial charge in [0.05, 0.1) is 16.4 Å². The third kappa shape index (κ3) is 2.18. The molecule has 0 amide bonds. The first kappa shape index (κ1) is 12.8. The zero-order chi connectivity index (χ0) is 13.5. The maximum absolute atomic E-state index is 13.3.